The van der Waals surface area contributed by atoms with E-state index in [9.17, 15) is 0 Å². The minimum Gasteiger partial charge on any atom is -0.317 e. The number of aromatic nitrogens is 3. The number of aryl methyl sites for hydroxylation is 1. The molecule has 0 unspecified atom stereocenters. The van der Waals surface area contributed by atoms with Crippen LogP contribution in [0.4, 0.5) is 0 Å². The number of nitrogens with one attached hydrogen (secondary N) is 1. The van der Waals surface area contributed by atoms with Crippen molar-refractivity contribution < 1.29 is 0 Å². The van der Waals surface area contributed by atoms with Crippen LogP contribution in [0.3, 0.4) is 0 Å². The zero-order valence-corrected chi connectivity index (χ0v) is 12.2. The highest BCUT2D eigenvalue weighted by molar-refractivity contribution is 5.11. The summed E-state index contributed by atoms with van der Waals surface area (Å²) in [5, 5.41) is 8.05. The van der Waals surface area contributed by atoms with Crippen LogP contribution in [0.15, 0.2) is 0 Å². The van der Waals surface area contributed by atoms with E-state index in [4.69, 9.17) is 4.98 Å². The van der Waals surface area contributed by atoms with Crippen molar-refractivity contribution in [1.82, 2.24) is 20.1 Å². The molecule has 4 nitrogen and oxygen atoms in total. The highest BCUT2D eigenvalue weighted by atomic mass is 15.3. The van der Waals surface area contributed by atoms with E-state index in [2.05, 4.69) is 31.2 Å². The van der Waals surface area contributed by atoms with Gasteiger partial charge in [-0.3, -0.25) is 4.68 Å². The van der Waals surface area contributed by atoms with Gasteiger partial charge in [0.2, 0.25) is 0 Å². The smallest absolute Gasteiger partial charge is 0.151 e. The van der Waals surface area contributed by atoms with Crippen molar-refractivity contribution in [2.45, 2.75) is 51.9 Å². The van der Waals surface area contributed by atoms with E-state index in [0.717, 1.165) is 31.8 Å². The largest absolute Gasteiger partial charge is 0.317 e. The van der Waals surface area contributed by atoms with E-state index in [0.29, 0.717) is 5.92 Å². The Kier molecular flexibility index (Phi) is 4.05. The first-order valence-electron chi connectivity index (χ1n) is 7.18. The Morgan fingerprint density at radius 1 is 1.33 bits per heavy atom. The van der Waals surface area contributed by atoms with Gasteiger partial charge >= 0.3 is 0 Å². The Bertz CT molecular complexity index is 388. The lowest BCUT2D eigenvalue weighted by atomic mass is 9.76. The number of hydrogen-bond acceptors (Lipinski definition) is 3. The van der Waals surface area contributed by atoms with Gasteiger partial charge in [-0.15, -0.1) is 0 Å². The summed E-state index contributed by atoms with van der Waals surface area (Å²) in [6.07, 6.45) is 4.49. The molecule has 0 bridgehead atoms. The van der Waals surface area contributed by atoms with E-state index >= 15 is 0 Å². The lowest BCUT2D eigenvalue weighted by Crippen LogP contribution is -2.41. The normalized spacial score (nSPS) is 19.4. The van der Waals surface area contributed by atoms with Gasteiger partial charge in [0, 0.05) is 18.9 Å². The summed E-state index contributed by atoms with van der Waals surface area (Å²) in [5.41, 5.74) is 0.238. The third-order valence-electron chi connectivity index (χ3n) is 4.11. The van der Waals surface area contributed by atoms with Gasteiger partial charge in [0.25, 0.3) is 0 Å². The van der Waals surface area contributed by atoms with Crippen molar-refractivity contribution in [3.63, 3.8) is 0 Å². The Balaban J connectivity index is 2.27. The third kappa shape index (κ3) is 2.58. The van der Waals surface area contributed by atoms with Gasteiger partial charge < -0.3 is 5.32 Å². The fourth-order valence-electron chi connectivity index (χ4n) is 2.99. The third-order valence-corrected chi connectivity index (χ3v) is 4.11. The summed E-state index contributed by atoms with van der Waals surface area (Å²) < 4.78 is 2.02. The molecule has 0 radical (unpaired) electrons. The molecule has 1 saturated heterocycles. The molecule has 2 heterocycles. The van der Waals surface area contributed by atoms with Crippen LogP contribution in [-0.2, 0) is 18.9 Å². The molecule has 1 aromatic heterocycles. The molecular weight excluding hydrogens is 224 g/mol. The van der Waals surface area contributed by atoms with E-state index in [1.54, 1.807) is 0 Å². The molecule has 102 valence electrons. The van der Waals surface area contributed by atoms with Crippen LogP contribution in [0.5, 0.6) is 0 Å². The molecule has 1 aromatic rings. The van der Waals surface area contributed by atoms with Crippen LogP contribution in [0.25, 0.3) is 0 Å². The molecule has 1 fully saturated rings. The fourth-order valence-corrected chi connectivity index (χ4v) is 2.99. The highest BCUT2D eigenvalue weighted by Crippen LogP contribution is 2.35. The van der Waals surface area contributed by atoms with Gasteiger partial charge in [-0.05, 0) is 38.3 Å². The Morgan fingerprint density at radius 2 is 2.00 bits per heavy atom. The van der Waals surface area contributed by atoms with E-state index in [-0.39, 0.29) is 5.41 Å². The van der Waals surface area contributed by atoms with Crippen LogP contribution in [0.1, 0.15) is 51.7 Å². The summed E-state index contributed by atoms with van der Waals surface area (Å²) in [4.78, 5) is 4.84. The number of piperidine rings is 1. The summed E-state index contributed by atoms with van der Waals surface area (Å²) in [7, 11) is 2.05. The first-order chi connectivity index (χ1) is 8.57. The van der Waals surface area contributed by atoms with Crippen molar-refractivity contribution >= 4 is 0 Å². The number of hydrogen-bond donors (Lipinski definition) is 1. The monoisotopic (exact) mass is 250 g/mol. The average molecular weight is 250 g/mol. The van der Waals surface area contributed by atoms with Crippen LogP contribution >= 0.6 is 0 Å². The van der Waals surface area contributed by atoms with Crippen LogP contribution < -0.4 is 5.32 Å². The molecule has 0 atom stereocenters. The second kappa shape index (κ2) is 5.39. The Labute approximate surface area is 110 Å². The molecule has 4 heteroatoms. The van der Waals surface area contributed by atoms with Gasteiger partial charge in [0.05, 0.1) is 0 Å². The first kappa shape index (κ1) is 13.5. The van der Waals surface area contributed by atoms with Crippen molar-refractivity contribution in [1.29, 1.82) is 0 Å². The molecule has 18 heavy (non-hydrogen) atoms. The van der Waals surface area contributed by atoms with E-state index < -0.39 is 0 Å². The number of rotatable bonds is 4. The predicted molar refractivity (Wildman–Crippen MR) is 73.6 cm³/mol. The minimum atomic E-state index is 0.238. The van der Waals surface area contributed by atoms with Gasteiger partial charge in [-0.25, -0.2) is 4.98 Å². The lowest BCUT2D eigenvalue weighted by Gasteiger charge is -2.35. The zero-order valence-electron chi connectivity index (χ0n) is 12.2. The highest BCUT2D eigenvalue weighted by Gasteiger charge is 2.36. The predicted octanol–water partition coefficient (Wildman–Crippen LogP) is 2.04. The molecule has 2 rings (SSSR count). The summed E-state index contributed by atoms with van der Waals surface area (Å²) in [6, 6.07) is 0. The van der Waals surface area contributed by atoms with Crippen LogP contribution in [0.2, 0.25) is 0 Å². The van der Waals surface area contributed by atoms with Crippen LogP contribution in [-0.4, -0.2) is 27.9 Å². The maximum absolute atomic E-state index is 4.84. The van der Waals surface area contributed by atoms with Crippen LogP contribution in [0, 0.1) is 5.92 Å². The Morgan fingerprint density at radius 3 is 2.56 bits per heavy atom. The van der Waals surface area contributed by atoms with Gasteiger partial charge in [-0.1, -0.05) is 20.8 Å². The standard InChI is InChI=1S/C14H26N4/c1-5-14(6-8-15-9-7-14)13-16-12(10-11(2)3)17-18(13)4/h11,15H,5-10H2,1-4H3. The fraction of sp³-hybridized carbons (Fsp3) is 0.857. The Hall–Kier alpha value is -0.900. The second-order valence-electron chi connectivity index (χ2n) is 5.96. The topological polar surface area (TPSA) is 42.7 Å². The average Bonchev–Trinajstić information content (AvgIpc) is 2.70. The molecule has 0 amide bonds. The summed E-state index contributed by atoms with van der Waals surface area (Å²) in [5.74, 6) is 2.82. The maximum Gasteiger partial charge on any atom is 0.151 e. The van der Waals surface area contributed by atoms with Gasteiger partial charge in [0.15, 0.2) is 5.82 Å². The minimum absolute atomic E-state index is 0.238. The van der Waals surface area contributed by atoms with E-state index in [1.807, 2.05) is 11.7 Å². The van der Waals surface area contributed by atoms with Crippen molar-refractivity contribution in [2.75, 3.05) is 13.1 Å². The van der Waals surface area contributed by atoms with Gasteiger partial charge in [-0.2, -0.15) is 5.10 Å². The zero-order chi connectivity index (χ0) is 13.2. The summed E-state index contributed by atoms with van der Waals surface area (Å²) in [6.45, 7) is 8.91. The van der Waals surface area contributed by atoms with Gasteiger partial charge in [0.1, 0.15) is 5.82 Å². The second-order valence-corrected chi connectivity index (χ2v) is 5.96. The lowest BCUT2D eigenvalue weighted by molar-refractivity contribution is 0.273. The molecule has 0 aliphatic carbocycles. The molecule has 0 spiro atoms. The van der Waals surface area contributed by atoms with E-state index in [1.165, 1.54) is 18.7 Å². The SMILES string of the molecule is CCC1(c2nc(CC(C)C)nn2C)CCNCC1. The molecule has 0 saturated carbocycles. The van der Waals surface area contributed by atoms with Crippen molar-refractivity contribution in [2.24, 2.45) is 13.0 Å². The quantitative estimate of drug-likeness (QED) is 0.889. The molecule has 1 aliphatic heterocycles. The molecule has 1 N–H and O–H groups in total. The molecule has 0 aromatic carbocycles. The molecule has 1 aliphatic rings. The maximum atomic E-state index is 4.84. The number of nitrogens with zero attached hydrogens (tertiary/aromatic N) is 3. The first-order valence-corrected chi connectivity index (χ1v) is 7.18. The van der Waals surface area contributed by atoms with Crippen molar-refractivity contribution in [3.8, 4) is 0 Å². The van der Waals surface area contributed by atoms with Crippen molar-refractivity contribution in [3.05, 3.63) is 11.6 Å². The summed E-state index contributed by atoms with van der Waals surface area (Å²) >= 11 is 0. The molecular formula is C14H26N4.